The number of aliphatic hydroxyl groups excluding tert-OH is 1. The molecule has 0 saturated heterocycles. The summed E-state index contributed by atoms with van der Waals surface area (Å²) in [5, 5.41) is 21.2. The van der Waals surface area contributed by atoms with Crippen molar-refractivity contribution in [2.75, 3.05) is 13.7 Å². The third-order valence-corrected chi connectivity index (χ3v) is 2.62. The van der Waals surface area contributed by atoms with Gasteiger partial charge in [0.1, 0.15) is 11.5 Å². The molecule has 0 fully saturated rings. The Labute approximate surface area is 106 Å². The fraction of sp³-hybridized carbons (Fsp3) is 0.462. The molecular formula is C13H19NO4. The average Bonchev–Trinajstić information content (AvgIpc) is 2.35. The van der Waals surface area contributed by atoms with Crippen molar-refractivity contribution >= 4 is 5.91 Å². The number of phenolic OH excluding ortho intramolecular Hbond substituents is 1. The van der Waals surface area contributed by atoms with Gasteiger partial charge in [0, 0.05) is 18.7 Å². The number of benzene rings is 1. The topological polar surface area (TPSA) is 78.8 Å². The zero-order valence-electron chi connectivity index (χ0n) is 10.6. The molecule has 1 aromatic rings. The first-order valence-corrected chi connectivity index (χ1v) is 5.87. The van der Waals surface area contributed by atoms with Crippen LogP contribution in [0, 0.1) is 0 Å². The lowest BCUT2D eigenvalue weighted by molar-refractivity contribution is 0.0933. The lowest BCUT2D eigenvalue weighted by Gasteiger charge is -2.14. The summed E-state index contributed by atoms with van der Waals surface area (Å²) in [7, 11) is 1.49. The molecule has 1 atom stereocenters. The fourth-order valence-electron chi connectivity index (χ4n) is 1.60. The van der Waals surface area contributed by atoms with Crippen LogP contribution in [0.2, 0.25) is 0 Å². The maximum absolute atomic E-state index is 11.9. The third-order valence-electron chi connectivity index (χ3n) is 2.62. The lowest BCUT2D eigenvalue weighted by Crippen LogP contribution is -2.32. The Balaban J connectivity index is 2.66. The summed E-state index contributed by atoms with van der Waals surface area (Å²) in [6.07, 6.45) is 1.33. The second kappa shape index (κ2) is 6.86. The van der Waals surface area contributed by atoms with Crippen LogP contribution in [0.1, 0.15) is 30.1 Å². The van der Waals surface area contributed by atoms with E-state index in [1.165, 1.54) is 19.2 Å². The van der Waals surface area contributed by atoms with Crippen molar-refractivity contribution in [3.05, 3.63) is 23.8 Å². The largest absolute Gasteiger partial charge is 0.507 e. The number of amides is 1. The minimum absolute atomic E-state index is 0.0499. The zero-order chi connectivity index (χ0) is 13.5. The van der Waals surface area contributed by atoms with Gasteiger partial charge in [-0.25, -0.2) is 0 Å². The first kappa shape index (κ1) is 14.3. The molecule has 0 aromatic heterocycles. The molecule has 1 unspecified atom stereocenters. The van der Waals surface area contributed by atoms with Crippen LogP contribution in [0.4, 0.5) is 0 Å². The van der Waals surface area contributed by atoms with Crippen LogP contribution in [-0.4, -0.2) is 35.9 Å². The van der Waals surface area contributed by atoms with Gasteiger partial charge in [-0.3, -0.25) is 4.79 Å². The first-order chi connectivity index (χ1) is 8.58. The van der Waals surface area contributed by atoms with Crippen molar-refractivity contribution in [3.8, 4) is 11.5 Å². The molecule has 18 heavy (non-hydrogen) atoms. The molecular weight excluding hydrogens is 234 g/mol. The Kier molecular flexibility index (Phi) is 5.45. The molecule has 1 amide bonds. The summed E-state index contributed by atoms with van der Waals surface area (Å²) < 4.78 is 4.94. The molecule has 0 aliphatic rings. The van der Waals surface area contributed by atoms with E-state index in [1.54, 1.807) is 6.07 Å². The van der Waals surface area contributed by atoms with E-state index in [-0.39, 0.29) is 29.9 Å². The predicted molar refractivity (Wildman–Crippen MR) is 67.9 cm³/mol. The summed E-state index contributed by atoms with van der Waals surface area (Å²) in [6.45, 7) is 1.96. The van der Waals surface area contributed by atoms with E-state index >= 15 is 0 Å². The van der Waals surface area contributed by atoms with E-state index in [1.807, 2.05) is 6.92 Å². The normalized spacial score (nSPS) is 11.9. The number of hydrogen-bond acceptors (Lipinski definition) is 4. The zero-order valence-corrected chi connectivity index (χ0v) is 10.6. The van der Waals surface area contributed by atoms with Crippen molar-refractivity contribution in [2.24, 2.45) is 0 Å². The molecule has 5 nitrogen and oxygen atoms in total. The smallest absolute Gasteiger partial charge is 0.255 e. The quantitative estimate of drug-likeness (QED) is 0.714. The molecule has 3 N–H and O–H groups in total. The summed E-state index contributed by atoms with van der Waals surface area (Å²) in [5.74, 6) is 0.0548. The van der Waals surface area contributed by atoms with E-state index in [0.717, 1.165) is 0 Å². The Bertz CT molecular complexity index is 406. The average molecular weight is 253 g/mol. The minimum atomic E-state index is -0.333. The fourth-order valence-corrected chi connectivity index (χ4v) is 1.60. The predicted octanol–water partition coefficient (Wildman–Crippen LogP) is 1.29. The monoisotopic (exact) mass is 253 g/mol. The van der Waals surface area contributed by atoms with Crippen molar-refractivity contribution < 1.29 is 19.7 Å². The van der Waals surface area contributed by atoms with Crippen molar-refractivity contribution in [3.63, 3.8) is 0 Å². The van der Waals surface area contributed by atoms with E-state index in [4.69, 9.17) is 9.84 Å². The molecule has 1 aromatic carbocycles. The van der Waals surface area contributed by atoms with Crippen molar-refractivity contribution in [1.29, 1.82) is 0 Å². The Morgan fingerprint density at radius 2 is 2.22 bits per heavy atom. The standard InChI is InChI=1S/C13H19NO4/c1-9(4-3-7-15)14-13(17)11-6-5-10(18-2)8-12(11)16/h5-6,8-9,15-16H,3-4,7H2,1-2H3,(H,14,17). The molecule has 100 valence electrons. The molecule has 0 heterocycles. The van der Waals surface area contributed by atoms with Crippen LogP contribution in [-0.2, 0) is 0 Å². The molecule has 5 heteroatoms. The van der Waals surface area contributed by atoms with Crippen LogP contribution in [0.3, 0.4) is 0 Å². The number of aliphatic hydroxyl groups is 1. The molecule has 1 rings (SSSR count). The number of carbonyl (C=O) groups is 1. The summed E-state index contributed by atoms with van der Waals surface area (Å²) in [5.41, 5.74) is 0.214. The van der Waals surface area contributed by atoms with Gasteiger partial charge in [-0.15, -0.1) is 0 Å². The number of carbonyl (C=O) groups excluding carboxylic acids is 1. The molecule has 0 aliphatic heterocycles. The summed E-state index contributed by atoms with van der Waals surface area (Å²) >= 11 is 0. The molecule has 0 spiro atoms. The van der Waals surface area contributed by atoms with Gasteiger partial charge in [-0.1, -0.05) is 0 Å². The third kappa shape index (κ3) is 3.92. The number of ether oxygens (including phenoxy) is 1. The maximum Gasteiger partial charge on any atom is 0.255 e. The highest BCUT2D eigenvalue weighted by Crippen LogP contribution is 2.23. The number of hydrogen-bond donors (Lipinski definition) is 3. The second-order valence-corrected chi connectivity index (χ2v) is 4.12. The molecule has 0 saturated carbocycles. The number of aromatic hydroxyl groups is 1. The first-order valence-electron chi connectivity index (χ1n) is 5.87. The van der Waals surface area contributed by atoms with Crippen molar-refractivity contribution in [1.82, 2.24) is 5.32 Å². The SMILES string of the molecule is COc1ccc(C(=O)NC(C)CCCO)c(O)c1. The van der Waals surface area contributed by atoms with Gasteiger partial charge in [0.25, 0.3) is 5.91 Å². The Morgan fingerprint density at radius 1 is 1.50 bits per heavy atom. The van der Waals surface area contributed by atoms with Gasteiger partial charge >= 0.3 is 0 Å². The van der Waals surface area contributed by atoms with Gasteiger partial charge < -0.3 is 20.3 Å². The highest BCUT2D eigenvalue weighted by molar-refractivity contribution is 5.97. The Morgan fingerprint density at radius 3 is 2.78 bits per heavy atom. The molecule has 0 radical (unpaired) electrons. The van der Waals surface area contributed by atoms with Gasteiger partial charge in [-0.05, 0) is 31.9 Å². The van der Waals surface area contributed by atoms with Gasteiger partial charge in [0.2, 0.25) is 0 Å². The van der Waals surface area contributed by atoms with E-state index in [2.05, 4.69) is 5.32 Å². The van der Waals surface area contributed by atoms with Crippen LogP contribution in [0.15, 0.2) is 18.2 Å². The summed E-state index contributed by atoms with van der Waals surface area (Å²) in [4.78, 5) is 11.9. The number of methoxy groups -OCH3 is 1. The Hall–Kier alpha value is -1.75. The molecule has 0 aliphatic carbocycles. The number of phenols is 1. The lowest BCUT2D eigenvalue weighted by atomic mass is 10.1. The number of nitrogens with one attached hydrogen (secondary N) is 1. The van der Waals surface area contributed by atoms with Crippen LogP contribution < -0.4 is 10.1 Å². The molecule has 0 bridgehead atoms. The van der Waals surface area contributed by atoms with Crippen LogP contribution in [0.5, 0.6) is 11.5 Å². The maximum atomic E-state index is 11.9. The van der Waals surface area contributed by atoms with E-state index in [0.29, 0.717) is 18.6 Å². The van der Waals surface area contributed by atoms with Crippen molar-refractivity contribution in [2.45, 2.75) is 25.8 Å². The minimum Gasteiger partial charge on any atom is -0.507 e. The highest BCUT2D eigenvalue weighted by atomic mass is 16.5. The van der Waals surface area contributed by atoms with Crippen LogP contribution >= 0.6 is 0 Å². The highest BCUT2D eigenvalue weighted by Gasteiger charge is 2.14. The van der Waals surface area contributed by atoms with Crippen LogP contribution in [0.25, 0.3) is 0 Å². The second-order valence-electron chi connectivity index (χ2n) is 4.12. The van der Waals surface area contributed by atoms with E-state index in [9.17, 15) is 9.90 Å². The van der Waals surface area contributed by atoms with Gasteiger partial charge in [0.05, 0.1) is 12.7 Å². The van der Waals surface area contributed by atoms with E-state index < -0.39 is 0 Å². The van der Waals surface area contributed by atoms with Gasteiger partial charge in [-0.2, -0.15) is 0 Å². The number of rotatable bonds is 6. The summed E-state index contributed by atoms with van der Waals surface area (Å²) in [6, 6.07) is 4.48. The van der Waals surface area contributed by atoms with Gasteiger partial charge in [0.15, 0.2) is 0 Å².